The highest BCUT2D eigenvalue weighted by Gasteiger charge is 2.27. The van der Waals surface area contributed by atoms with Crippen LogP contribution in [0.25, 0.3) is 0 Å². The highest BCUT2D eigenvalue weighted by molar-refractivity contribution is 6.76. The summed E-state index contributed by atoms with van der Waals surface area (Å²) in [7, 11) is -1.37. The predicted molar refractivity (Wildman–Crippen MR) is 118 cm³/mol. The number of alkyl carbamates (subject to hydrolysis) is 1. The molecule has 0 aliphatic rings. The molecule has 0 saturated carbocycles. The molecule has 0 heterocycles. The van der Waals surface area contributed by atoms with Crippen LogP contribution in [0.2, 0.25) is 25.7 Å². The third kappa shape index (κ3) is 12.3. The van der Waals surface area contributed by atoms with Crippen LogP contribution in [0.1, 0.15) is 39.2 Å². The molecule has 8 heteroatoms. The second-order valence-corrected chi connectivity index (χ2v) is 15.0. The molecule has 1 N–H and O–H groups in total. The number of amides is 1. The van der Waals surface area contributed by atoms with Gasteiger partial charge in [0.1, 0.15) is 18.2 Å². The molecule has 168 valence electrons. The van der Waals surface area contributed by atoms with Crippen LogP contribution in [-0.2, 0) is 30.4 Å². The van der Waals surface area contributed by atoms with Crippen LogP contribution >= 0.6 is 0 Å². The lowest BCUT2D eigenvalue weighted by molar-refractivity contribution is -0.147. The number of hydrogen-bond donors (Lipinski definition) is 1. The largest absolute Gasteiger partial charge is 0.464 e. The molecule has 0 spiro atoms. The summed E-state index contributed by atoms with van der Waals surface area (Å²) in [6, 6.07) is 9.15. The van der Waals surface area contributed by atoms with Gasteiger partial charge in [0.2, 0.25) is 0 Å². The van der Waals surface area contributed by atoms with Gasteiger partial charge in [-0.3, -0.25) is 4.79 Å². The second-order valence-electron chi connectivity index (χ2n) is 9.36. The molecule has 0 fully saturated rings. The van der Waals surface area contributed by atoms with Crippen molar-refractivity contribution in [3.63, 3.8) is 0 Å². The first-order chi connectivity index (χ1) is 13.9. The van der Waals surface area contributed by atoms with Crippen LogP contribution in [0.5, 0.6) is 0 Å². The van der Waals surface area contributed by atoms with E-state index in [1.165, 1.54) is 0 Å². The Morgan fingerprint density at radius 2 is 1.67 bits per heavy atom. The van der Waals surface area contributed by atoms with E-state index >= 15 is 0 Å². The molecule has 30 heavy (non-hydrogen) atoms. The Labute approximate surface area is 180 Å². The Morgan fingerprint density at radius 1 is 1.03 bits per heavy atom. The minimum absolute atomic E-state index is 0.0313. The number of ether oxygens (including phenoxy) is 3. The van der Waals surface area contributed by atoms with E-state index < -0.39 is 37.7 Å². The Morgan fingerprint density at radius 3 is 2.23 bits per heavy atom. The van der Waals surface area contributed by atoms with Crippen molar-refractivity contribution >= 4 is 26.1 Å². The fraction of sp³-hybridized carbons (Fsp3) is 0.591. The molecular formula is C22H35NO6Si. The summed E-state index contributed by atoms with van der Waals surface area (Å²) in [4.78, 5) is 36.7. The van der Waals surface area contributed by atoms with Gasteiger partial charge in [-0.15, -0.1) is 0 Å². The van der Waals surface area contributed by atoms with Crippen LogP contribution < -0.4 is 5.32 Å². The maximum Gasteiger partial charge on any atom is 0.408 e. The van der Waals surface area contributed by atoms with Gasteiger partial charge in [0.05, 0.1) is 6.61 Å². The molecule has 0 bridgehead atoms. The molecule has 0 aliphatic carbocycles. The molecule has 1 rings (SSSR count). The average Bonchev–Trinajstić information content (AvgIpc) is 2.61. The summed E-state index contributed by atoms with van der Waals surface area (Å²) >= 11 is 0. The van der Waals surface area contributed by atoms with Gasteiger partial charge in [0.25, 0.3) is 0 Å². The first-order valence-corrected chi connectivity index (χ1v) is 13.9. The number of carbonyl (C=O) groups excluding carboxylic acids is 3. The van der Waals surface area contributed by atoms with Gasteiger partial charge in [-0.25, -0.2) is 9.59 Å². The van der Waals surface area contributed by atoms with E-state index in [0.29, 0.717) is 6.61 Å². The van der Waals surface area contributed by atoms with Crippen LogP contribution in [0.15, 0.2) is 30.3 Å². The number of benzene rings is 1. The third-order valence-electron chi connectivity index (χ3n) is 3.95. The smallest absolute Gasteiger partial charge is 0.408 e. The second kappa shape index (κ2) is 11.7. The third-order valence-corrected chi connectivity index (χ3v) is 5.66. The van der Waals surface area contributed by atoms with Gasteiger partial charge in [-0.2, -0.15) is 0 Å². The lowest BCUT2D eigenvalue weighted by Crippen LogP contribution is -2.44. The molecule has 0 aromatic heterocycles. The number of hydrogen-bond acceptors (Lipinski definition) is 6. The van der Waals surface area contributed by atoms with E-state index in [4.69, 9.17) is 14.2 Å². The van der Waals surface area contributed by atoms with Crippen LogP contribution in [0, 0.1) is 0 Å². The predicted octanol–water partition coefficient (Wildman–Crippen LogP) is 4.28. The van der Waals surface area contributed by atoms with Crippen molar-refractivity contribution in [3.05, 3.63) is 35.9 Å². The quantitative estimate of drug-likeness (QED) is 0.334. The molecule has 0 unspecified atom stereocenters. The Balaban J connectivity index is 2.61. The summed E-state index contributed by atoms with van der Waals surface area (Å²) in [5, 5.41) is 2.52. The Hall–Kier alpha value is -2.35. The van der Waals surface area contributed by atoms with Crippen molar-refractivity contribution in [2.75, 3.05) is 6.61 Å². The SMILES string of the molecule is CC(C)(C)OC(=O)N[C@@H](CCC(=O)OCc1ccccc1)C(=O)OCC[Si](C)(C)C. The van der Waals surface area contributed by atoms with Crippen molar-refractivity contribution in [2.45, 2.75) is 77.5 Å². The molecular weight excluding hydrogens is 402 g/mol. The van der Waals surface area contributed by atoms with E-state index in [1.54, 1.807) is 20.8 Å². The van der Waals surface area contributed by atoms with Gasteiger partial charge >= 0.3 is 18.0 Å². The molecule has 7 nitrogen and oxygen atoms in total. The Kier molecular flexibility index (Phi) is 10.0. The zero-order valence-corrected chi connectivity index (χ0v) is 19.9. The van der Waals surface area contributed by atoms with Gasteiger partial charge in [-0.1, -0.05) is 50.0 Å². The summed E-state index contributed by atoms with van der Waals surface area (Å²) in [6.45, 7) is 12.2. The van der Waals surface area contributed by atoms with E-state index in [2.05, 4.69) is 25.0 Å². The van der Waals surface area contributed by atoms with Crippen molar-refractivity contribution < 1.29 is 28.6 Å². The topological polar surface area (TPSA) is 90.9 Å². The Bertz CT molecular complexity index is 694. The van der Waals surface area contributed by atoms with Crippen molar-refractivity contribution in [2.24, 2.45) is 0 Å². The van der Waals surface area contributed by atoms with Crippen molar-refractivity contribution in [1.82, 2.24) is 5.32 Å². The van der Waals surface area contributed by atoms with Crippen LogP contribution in [0.3, 0.4) is 0 Å². The number of rotatable bonds is 10. The maximum absolute atomic E-state index is 12.5. The lowest BCUT2D eigenvalue weighted by Gasteiger charge is -2.23. The molecule has 0 aliphatic heterocycles. The van der Waals surface area contributed by atoms with Gasteiger partial charge in [0, 0.05) is 14.5 Å². The monoisotopic (exact) mass is 437 g/mol. The van der Waals surface area contributed by atoms with Crippen LogP contribution in [-0.4, -0.2) is 44.4 Å². The minimum atomic E-state index is -1.37. The number of esters is 2. The first kappa shape index (κ1) is 25.7. The molecule has 1 aromatic rings. The molecule has 1 amide bonds. The average molecular weight is 438 g/mol. The zero-order chi connectivity index (χ0) is 22.8. The highest BCUT2D eigenvalue weighted by Crippen LogP contribution is 2.11. The number of carbonyl (C=O) groups is 3. The standard InChI is InChI=1S/C22H35NO6Si/c1-22(2,3)29-21(26)23-18(20(25)27-14-15-30(4,5)6)12-13-19(24)28-16-17-10-8-7-9-11-17/h7-11,18H,12-16H2,1-6H3,(H,23,26)/t18-/m0/s1. The fourth-order valence-corrected chi connectivity index (χ4v) is 3.04. The zero-order valence-electron chi connectivity index (χ0n) is 18.9. The molecule has 0 saturated heterocycles. The summed E-state index contributed by atoms with van der Waals surface area (Å²) < 4.78 is 15.8. The fourth-order valence-electron chi connectivity index (χ4n) is 2.33. The maximum atomic E-state index is 12.5. The van der Waals surface area contributed by atoms with Crippen molar-refractivity contribution in [3.8, 4) is 0 Å². The summed E-state index contributed by atoms with van der Waals surface area (Å²) in [6.07, 6.45) is -0.693. The van der Waals surface area contributed by atoms with Gasteiger partial charge < -0.3 is 19.5 Å². The summed E-state index contributed by atoms with van der Waals surface area (Å²) in [5.74, 6) is -1.03. The van der Waals surface area contributed by atoms with E-state index in [1.807, 2.05) is 30.3 Å². The van der Waals surface area contributed by atoms with Crippen molar-refractivity contribution in [1.29, 1.82) is 0 Å². The molecule has 1 atom stereocenters. The highest BCUT2D eigenvalue weighted by atomic mass is 28.3. The van der Waals surface area contributed by atoms with Gasteiger partial charge in [0.15, 0.2) is 0 Å². The minimum Gasteiger partial charge on any atom is -0.464 e. The van der Waals surface area contributed by atoms with Crippen LogP contribution in [0.4, 0.5) is 4.79 Å². The van der Waals surface area contributed by atoms with E-state index in [9.17, 15) is 14.4 Å². The van der Waals surface area contributed by atoms with E-state index in [-0.39, 0.29) is 19.4 Å². The normalized spacial score (nSPS) is 12.6. The van der Waals surface area contributed by atoms with E-state index in [0.717, 1.165) is 11.6 Å². The molecule has 1 aromatic carbocycles. The molecule has 0 radical (unpaired) electrons. The first-order valence-electron chi connectivity index (χ1n) is 10.2. The lowest BCUT2D eigenvalue weighted by atomic mass is 10.1. The number of nitrogens with one attached hydrogen (secondary N) is 1. The summed E-state index contributed by atoms with van der Waals surface area (Å²) in [5.41, 5.74) is 0.172. The van der Waals surface area contributed by atoms with Gasteiger partial charge in [-0.05, 0) is 38.8 Å².